The lowest BCUT2D eigenvalue weighted by atomic mass is 10.0. The third-order valence-electron chi connectivity index (χ3n) is 6.39. The molecule has 0 aliphatic heterocycles. The van der Waals surface area contributed by atoms with Gasteiger partial charge in [-0.05, 0) is 25.0 Å². The maximum Gasteiger partial charge on any atom is 0.420 e. The summed E-state index contributed by atoms with van der Waals surface area (Å²) in [5, 5.41) is 8.44. The molecule has 2 aromatic heterocycles. The molecule has 0 bridgehead atoms. The highest BCUT2D eigenvalue weighted by Crippen LogP contribution is 2.23. The van der Waals surface area contributed by atoms with Crippen LogP contribution in [0, 0.1) is 0 Å². The van der Waals surface area contributed by atoms with Crippen LogP contribution < -0.4 is 16.4 Å². The highest BCUT2D eigenvalue weighted by Gasteiger charge is 2.22. The van der Waals surface area contributed by atoms with E-state index in [0.717, 1.165) is 29.1 Å². The number of nitrogens with one attached hydrogen (secondary N) is 2. The monoisotopic (exact) mass is 548 g/mol. The van der Waals surface area contributed by atoms with E-state index in [9.17, 15) is 19.2 Å². The van der Waals surface area contributed by atoms with Crippen molar-refractivity contribution in [2.45, 2.75) is 64.6 Å². The minimum Gasteiger partial charge on any atom is -0.408 e. The second kappa shape index (κ2) is 13.7. The number of carbonyl (C=O) groups excluding carboxylic acids is 3. The van der Waals surface area contributed by atoms with E-state index in [2.05, 4.69) is 15.6 Å². The van der Waals surface area contributed by atoms with E-state index >= 15 is 0 Å². The fourth-order valence-electron chi connectivity index (χ4n) is 4.24. The Labute approximate surface area is 230 Å². The molecular formula is C29H32N4O5S. The minimum absolute atomic E-state index is 0.216. The molecule has 0 saturated heterocycles. The lowest BCUT2D eigenvalue weighted by Gasteiger charge is -2.18. The molecule has 0 aliphatic carbocycles. The average Bonchev–Trinajstić information content (AvgIpc) is 3.55. The van der Waals surface area contributed by atoms with Gasteiger partial charge < -0.3 is 15.1 Å². The molecule has 2 aromatic carbocycles. The van der Waals surface area contributed by atoms with Crippen molar-refractivity contribution < 1.29 is 18.8 Å². The fourth-order valence-corrected chi connectivity index (χ4v) is 5.07. The number of amides is 2. The number of carbonyl (C=O) groups is 3. The van der Waals surface area contributed by atoms with Gasteiger partial charge in [0.2, 0.25) is 11.8 Å². The number of hydrogen-bond acceptors (Lipinski definition) is 7. The SMILES string of the molecule is CCC(=O)CCCCC[C@H](NC(=O)Cn1c(=O)oc2ccccc21)C(=O)NCc1csc(-c2ccccc2)n1. The predicted molar refractivity (Wildman–Crippen MR) is 150 cm³/mol. The number of aromatic nitrogens is 2. The molecule has 204 valence electrons. The van der Waals surface area contributed by atoms with Crippen molar-refractivity contribution >= 4 is 40.0 Å². The normalized spacial score (nSPS) is 11.8. The molecule has 39 heavy (non-hydrogen) atoms. The van der Waals surface area contributed by atoms with E-state index in [-0.39, 0.29) is 24.8 Å². The molecule has 0 radical (unpaired) electrons. The minimum atomic E-state index is -0.791. The average molecular weight is 549 g/mol. The Morgan fingerprint density at radius 3 is 2.59 bits per heavy atom. The van der Waals surface area contributed by atoms with Gasteiger partial charge in [-0.15, -0.1) is 11.3 Å². The Bertz CT molecular complexity index is 1470. The Balaban J connectivity index is 1.38. The van der Waals surface area contributed by atoms with Gasteiger partial charge >= 0.3 is 5.76 Å². The summed E-state index contributed by atoms with van der Waals surface area (Å²) in [6.45, 7) is 1.81. The first-order valence-corrected chi connectivity index (χ1v) is 14.0. The van der Waals surface area contributed by atoms with Gasteiger partial charge in [-0.3, -0.25) is 19.0 Å². The van der Waals surface area contributed by atoms with Crippen LogP contribution in [0.25, 0.3) is 21.7 Å². The van der Waals surface area contributed by atoms with Gasteiger partial charge in [0.15, 0.2) is 5.58 Å². The van der Waals surface area contributed by atoms with Crippen LogP contribution >= 0.6 is 11.3 Å². The molecule has 1 atom stereocenters. The number of fused-ring (bicyclic) bond motifs is 1. The summed E-state index contributed by atoms with van der Waals surface area (Å²) in [5.41, 5.74) is 2.64. The lowest BCUT2D eigenvalue weighted by Crippen LogP contribution is -2.47. The lowest BCUT2D eigenvalue weighted by molar-refractivity contribution is -0.129. The maximum absolute atomic E-state index is 13.1. The number of rotatable bonds is 14. The Morgan fingerprint density at radius 2 is 1.79 bits per heavy atom. The number of nitrogens with zero attached hydrogens (tertiary/aromatic N) is 2. The molecule has 0 saturated carbocycles. The summed E-state index contributed by atoms with van der Waals surface area (Å²) in [7, 11) is 0. The molecule has 4 aromatic rings. The maximum atomic E-state index is 13.1. The van der Waals surface area contributed by atoms with Crippen molar-refractivity contribution in [1.82, 2.24) is 20.2 Å². The molecule has 0 unspecified atom stereocenters. The smallest absolute Gasteiger partial charge is 0.408 e. The summed E-state index contributed by atoms with van der Waals surface area (Å²) in [6, 6.07) is 15.9. The molecule has 2 heterocycles. The number of benzene rings is 2. The third kappa shape index (κ3) is 7.73. The Hall–Kier alpha value is -4.05. The molecule has 0 aliphatic rings. The van der Waals surface area contributed by atoms with E-state index in [1.165, 1.54) is 15.9 Å². The summed E-state index contributed by atoms with van der Waals surface area (Å²) >= 11 is 1.50. The van der Waals surface area contributed by atoms with Gasteiger partial charge in [0.25, 0.3) is 0 Å². The van der Waals surface area contributed by atoms with E-state index in [0.29, 0.717) is 36.8 Å². The Kier molecular flexibility index (Phi) is 9.80. The number of ketones is 1. The van der Waals surface area contributed by atoms with E-state index in [1.54, 1.807) is 24.3 Å². The molecule has 0 fully saturated rings. The van der Waals surface area contributed by atoms with Crippen LogP contribution in [0.15, 0.2) is 69.2 Å². The number of thiazole rings is 1. The Morgan fingerprint density at radius 1 is 1.03 bits per heavy atom. The van der Waals surface area contributed by atoms with Crippen molar-refractivity contribution in [2.24, 2.45) is 0 Å². The van der Waals surface area contributed by atoms with Crippen molar-refractivity contribution in [3.63, 3.8) is 0 Å². The van der Waals surface area contributed by atoms with Crippen molar-refractivity contribution in [2.75, 3.05) is 0 Å². The first-order chi connectivity index (χ1) is 18.9. The first-order valence-electron chi connectivity index (χ1n) is 13.1. The quantitative estimate of drug-likeness (QED) is 0.225. The van der Waals surface area contributed by atoms with Crippen LogP contribution in [0.2, 0.25) is 0 Å². The van der Waals surface area contributed by atoms with Crippen LogP contribution in [0.5, 0.6) is 0 Å². The first kappa shape index (κ1) is 28.0. The van der Waals surface area contributed by atoms with Gasteiger partial charge in [-0.2, -0.15) is 0 Å². The van der Waals surface area contributed by atoms with Gasteiger partial charge in [-0.25, -0.2) is 9.78 Å². The van der Waals surface area contributed by atoms with Crippen LogP contribution in [-0.4, -0.2) is 33.2 Å². The zero-order chi connectivity index (χ0) is 27.6. The largest absolute Gasteiger partial charge is 0.420 e. The van der Waals surface area contributed by atoms with Crippen molar-refractivity contribution in [3.8, 4) is 10.6 Å². The van der Waals surface area contributed by atoms with Gasteiger partial charge in [0.05, 0.1) is 17.8 Å². The number of para-hydroxylation sites is 2. The van der Waals surface area contributed by atoms with Gasteiger partial charge in [0.1, 0.15) is 23.4 Å². The number of oxazole rings is 1. The van der Waals surface area contributed by atoms with Crippen molar-refractivity contribution in [3.05, 3.63) is 76.2 Å². The summed E-state index contributed by atoms with van der Waals surface area (Å²) in [5.74, 6) is -1.21. The molecule has 2 N–H and O–H groups in total. The van der Waals surface area contributed by atoms with Gasteiger partial charge in [-0.1, -0.05) is 62.2 Å². The number of unbranched alkanes of at least 4 members (excludes halogenated alkanes) is 2. The van der Waals surface area contributed by atoms with E-state index in [4.69, 9.17) is 4.42 Å². The van der Waals surface area contributed by atoms with Crippen LogP contribution in [0.1, 0.15) is 51.1 Å². The topological polar surface area (TPSA) is 123 Å². The van der Waals surface area contributed by atoms with Crippen LogP contribution in [0.3, 0.4) is 0 Å². The molecule has 10 heteroatoms. The third-order valence-corrected chi connectivity index (χ3v) is 7.33. The highest BCUT2D eigenvalue weighted by atomic mass is 32.1. The second-order valence-corrected chi connectivity index (χ2v) is 10.1. The molecule has 2 amide bonds. The van der Waals surface area contributed by atoms with Crippen LogP contribution in [-0.2, 0) is 27.5 Å². The second-order valence-electron chi connectivity index (χ2n) is 9.26. The zero-order valence-electron chi connectivity index (χ0n) is 21.9. The molecule has 0 spiro atoms. The zero-order valence-corrected chi connectivity index (χ0v) is 22.7. The van der Waals surface area contributed by atoms with Gasteiger partial charge in [0, 0.05) is 23.8 Å². The summed E-state index contributed by atoms with van der Waals surface area (Å²) in [4.78, 5) is 54.5. The van der Waals surface area contributed by atoms with Crippen molar-refractivity contribution in [1.29, 1.82) is 0 Å². The number of hydrogen-bond donors (Lipinski definition) is 2. The predicted octanol–water partition coefficient (Wildman–Crippen LogP) is 4.45. The molecule has 4 rings (SSSR count). The highest BCUT2D eigenvalue weighted by molar-refractivity contribution is 7.13. The number of Topliss-reactive ketones (excluding diaryl/α,β-unsaturated/α-hetero) is 1. The summed E-state index contributed by atoms with van der Waals surface area (Å²) in [6.07, 6.45) is 3.62. The molecule has 9 nitrogen and oxygen atoms in total. The fraction of sp³-hybridized carbons (Fsp3) is 0.345. The molecular weight excluding hydrogens is 516 g/mol. The van der Waals surface area contributed by atoms with Crippen LogP contribution in [0.4, 0.5) is 0 Å². The van der Waals surface area contributed by atoms with E-state index in [1.807, 2.05) is 42.6 Å². The summed E-state index contributed by atoms with van der Waals surface area (Å²) < 4.78 is 6.46. The van der Waals surface area contributed by atoms with E-state index < -0.39 is 17.7 Å². The standard InChI is InChI=1S/C29H32N4O5S/c1-2-22(34)13-7-4-8-14-23(32-26(35)18-33-24-15-9-10-16-25(24)38-29(33)37)27(36)30-17-21-19-39-28(31-21)20-11-5-3-6-12-20/h3,5-6,9-12,15-16,19,23H,2,4,7-8,13-14,17-18H2,1H3,(H,30,36)(H,32,35)/t23-/m0/s1.